The average molecular weight is 337 g/mol. The van der Waals surface area contributed by atoms with Crippen LogP contribution in [0.5, 0.6) is 0 Å². The molecule has 0 saturated carbocycles. The third-order valence-corrected chi connectivity index (χ3v) is 6.42. The zero-order chi connectivity index (χ0) is 14.9. The Labute approximate surface area is 129 Å². The lowest BCUT2D eigenvalue weighted by Crippen LogP contribution is -2.39. The number of benzene rings is 1. The minimum atomic E-state index is -2.92. The van der Waals surface area contributed by atoms with Gasteiger partial charge in [0.1, 0.15) is 0 Å². The molecule has 2 unspecified atom stereocenters. The Balaban J connectivity index is 2.26. The van der Waals surface area contributed by atoms with Crippen molar-refractivity contribution in [3.05, 3.63) is 33.8 Å². The maximum Gasteiger partial charge on any atom is 0.151 e. The van der Waals surface area contributed by atoms with Crippen molar-refractivity contribution in [3.63, 3.8) is 0 Å². The van der Waals surface area contributed by atoms with Gasteiger partial charge in [0.05, 0.1) is 21.6 Å². The SMILES string of the molecule is CN(C1CCS(=O)(=O)C1)C(CN)c1cccc(Cl)c1Cl. The average Bonchev–Trinajstić information content (AvgIpc) is 2.75. The van der Waals surface area contributed by atoms with Crippen LogP contribution in [0.25, 0.3) is 0 Å². The first kappa shape index (κ1) is 16.0. The van der Waals surface area contributed by atoms with Gasteiger partial charge in [-0.1, -0.05) is 35.3 Å². The predicted octanol–water partition coefficient (Wildman–Crippen LogP) is 2.11. The molecule has 0 aromatic heterocycles. The van der Waals surface area contributed by atoms with E-state index < -0.39 is 9.84 Å². The third-order valence-electron chi connectivity index (χ3n) is 3.84. The second-order valence-electron chi connectivity index (χ2n) is 5.12. The van der Waals surface area contributed by atoms with Gasteiger partial charge in [-0.25, -0.2) is 8.42 Å². The van der Waals surface area contributed by atoms with Crippen LogP contribution in [-0.4, -0.2) is 44.5 Å². The Bertz CT molecular complexity index is 592. The summed E-state index contributed by atoms with van der Waals surface area (Å²) >= 11 is 12.3. The molecule has 0 radical (unpaired) electrons. The maximum absolute atomic E-state index is 11.6. The summed E-state index contributed by atoms with van der Waals surface area (Å²) in [5, 5.41) is 0.965. The molecule has 1 aromatic rings. The van der Waals surface area contributed by atoms with Crippen LogP contribution in [0.2, 0.25) is 10.0 Å². The lowest BCUT2D eigenvalue weighted by Gasteiger charge is -2.32. The molecule has 1 aromatic carbocycles. The smallest absolute Gasteiger partial charge is 0.151 e. The molecule has 20 heavy (non-hydrogen) atoms. The predicted molar refractivity (Wildman–Crippen MR) is 83.1 cm³/mol. The zero-order valence-electron chi connectivity index (χ0n) is 11.2. The van der Waals surface area contributed by atoms with Gasteiger partial charge >= 0.3 is 0 Å². The van der Waals surface area contributed by atoms with Crippen molar-refractivity contribution in [2.75, 3.05) is 25.1 Å². The highest BCUT2D eigenvalue weighted by Crippen LogP contribution is 2.34. The lowest BCUT2D eigenvalue weighted by atomic mass is 10.0. The summed E-state index contributed by atoms with van der Waals surface area (Å²) in [7, 11) is -1.04. The van der Waals surface area contributed by atoms with E-state index in [9.17, 15) is 8.42 Å². The summed E-state index contributed by atoms with van der Waals surface area (Å²) in [5.74, 6) is 0.417. The number of hydrogen-bond acceptors (Lipinski definition) is 4. The van der Waals surface area contributed by atoms with Gasteiger partial charge in [0.25, 0.3) is 0 Å². The molecule has 1 aliphatic heterocycles. The van der Waals surface area contributed by atoms with Crippen molar-refractivity contribution in [2.24, 2.45) is 5.73 Å². The standard InChI is InChI=1S/C13H18Cl2N2O2S/c1-17(9-5-6-20(18,19)8-9)12(7-16)10-3-2-4-11(14)13(10)15/h2-4,9,12H,5-8,16H2,1H3. The van der Waals surface area contributed by atoms with Crippen LogP contribution in [0.15, 0.2) is 18.2 Å². The lowest BCUT2D eigenvalue weighted by molar-refractivity contribution is 0.192. The van der Waals surface area contributed by atoms with Gasteiger partial charge in [-0.15, -0.1) is 0 Å². The molecular formula is C13H18Cl2N2O2S. The van der Waals surface area contributed by atoms with Crippen molar-refractivity contribution in [1.29, 1.82) is 0 Å². The highest BCUT2D eigenvalue weighted by Gasteiger charge is 2.34. The van der Waals surface area contributed by atoms with Crippen molar-refractivity contribution in [1.82, 2.24) is 4.90 Å². The minimum absolute atomic E-state index is 0.0244. The van der Waals surface area contributed by atoms with Gasteiger partial charge < -0.3 is 5.73 Å². The third kappa shape index (κ3) is 3.28. The van der Waals surface area contributed by atoms with Crippen LogP contribution in [0, 0.1) is 0 Å². The fraction of sp³-hybridized carbons (Fsp3) is 0.538. The van der Waals surface area contributed by atoms with Gasteiger partial charge in [-0.3, -0.25) is 4.90 Å². The number of nitrogens with two attached hydrogens (primary N) is 1. The van der Waals surface area contributed by atoms with Crippen molar-refractivity contribution < 1.29 is 8.42 Å². The Kier molecular flexibility index (Phi) is 4.97. The van der Waals surface area contributed by atoms with E-state index in [2.05, 4.69) is 0 Å². The number of halogens is 2. The molecule has 2 rings (SSSR count). The van der Waals surface area contributed by atoms with Crippen molar-refractivity contribution in [2.45, 2.75) is 18.5 Å². The van der Waals surface area contributed by atoms with Crippen LogP contribution in [0.3, 0.4) is 0 Å². The number of hydrogen-bond donors (Lipinski definition) is 1. The van der Waals surface area contributed by atoms with E-state index in [0.717, 1.165) is 5.56 Å². The molecular weight excluding hydrogens is 319 g/mol. The molecule has 112 valence electrons. The first-order chi connectivity index (χ1) is 9.35. The van der Waals surface area contributed by atoms with Crippen LogP contribution < -0.4 is 5.73 Å². The summed E-state index contributed by atoms with van der Waals surface area (Å²) in [6.07, 6.45) is 0.632. The molecule has 1 saturated heterocycles. The maximum atomic E-state index is 11.6. The molecule has 0 bridgehead atoms. The zero-order valence-corrected chi connectivity index (χ0v) is 13.5. The van der Waals surface area contributed by atoms with E-state index in [0.29, 0.717) is 23.0 Å². The Morgan fingerprint density at radius 3 is 2.70 bits per heavy atom. The summed E-state index contributed by atoms with van der Waals surface area (Å²) in [4.78, 5) is 2.00. The number of likely N-dealkylation sites (N-methyl/N-ethyl adjacent to an activating group) is 1. The Morgan fingerprint density at radius 1 is 1.45 bits per heavy atom. The molecule has 1 fully saturated rings. The molecule has 7 heteroatoms. The fourth-order valence-corrected chi connectivity index (χ4v) is 4.86. The molecule has 1 aliphatic rings. The molecule has 2 atom stereocenters. The van der Waals surface area contributed by atoms with E-state index >= 15 is 0 Å². The molecule has 1 heterocycles. The highest BCUT2D eigenvalue weighted by molar-refractivity contribution is 7.91. The summed E-state index contributed by atoms with van der Waals surface area (Å²) in [5.41, 5.74) is 6.71. The minimum Gasteiger partial charge on any atom is -0.329 e. The monoisotopic (exact) mass is 336 g/mol. The molecule has 2 N–H and O–H groups in total. The second-order valence-corrected chi connectivity index (χ2v) is 8.13. The van der Waals surface area contributed by atoms with E-state index in [1.807, 2.05) is 24.1 Å². The van der Waals surface area contributed by atoms with Gasteiger partial charge in [0.15, 0.2) is 9.84 Å². The summed E-state index contributed by atoms with van der Waals surface area (Å²) in [6, 6.07) is 5.26. The number of rotatable bonds is 4. The molecule has 0 aliphatic carbocycles. The molecule has 0 amide bonds. The molecule has 4 nitrogen and oxygen atoms in total. The number of sulfone groups is 1. The van der Waals surface area contributed by atoms with Crippen LogP contribution >= 0.6 is 23.2 Å². The number of nitrogens with zero attached hydrogens (tertiary/aromatic N) is 1. The van der Waals surface area contributed by atoms with E-state index in [4.69, 9.17) is 28.9 Å². The van der Waals surface area contributed by atoms with Gasteiger partial charge in [0.2, 0.25) is 0 Å². The Morgan fingerprint density at radius 2 is 2.15 bits per heavy atom. The second kappa shape index (κ2) is 6.20. The Hall–Kier alpha value is -0.330. The first-order valence-corrected chi connectivity index (χ1v) is 9.00. The largest absolute Gasteiger partial charge is 0.329 e. The van der Waals surface area contributed by atoms with Crippen molar-refractivity contribution in [3.8, 4) is 0 Å². The first-order valence-electron chi connectivity index (χ1n) is 6.42. The van der Waals surface area contributed by atoms with Crippen LogP contribution in [0.1, 0.15) is 18.0 Å². The van der Waals surface area contributed by atoms with Crippen molar-refractivity contribution >= 4 is 33.0 Å². The normalized spacial score (nSPS) is 23.1. The quantitative estimate of drug-likeness (QED) is 0.914. The fourth-order valence-electron chi connectivity index (χ4n) is 2.64. The van der Waals surface area contributed by atoms with E-state index in [1.54, 1.807) is 6.07 Å². The van der Waals surface area contributed by atoms with E-state index in [1.165, 1.54) is 0 Å². The molecule has 0 spiro atoms. The van der Waals surface area contributed by atoms with Gasteiger partial charge in [-0.05, 0) is 25.1 Å². The highest BCUT2D eigenvalue weighted by atomic mass is 35.5. The van der Waals surface area contributed by atoms with Gasteiger partial charge in [0, 0.05) is 18.6 Å². The van der Waals surface area contributed by atoms with Crippen LogP contribution in [-0.2, 0) is 9.84 Å². The van der Waals surface area contributed by atoms with Crippen LogP contribution in [0.4, 0.5) is 0 Å². The summed E-state index contributed by atoms with van der Waals surface area (Å²) < 4.78 is 23.2. The van der Waals surface area contributed by atoms with Gasteiger partial charge in [-0.2, -0.15) is 0 Å². The van der Waals surface area contributed by atoms with E-state index in [-0.39, 0.29) is 23.6 Å². The summed E-state index contributed by atoms with van der Waals surface area (Å²) in [6.45, 7) is 0.354. The topological polar surface area (TPSA) is 63.4 Å².